The molecule has 0 bridgehead atoms. The van der Waals surface area contributed by atoms with Gasteiger partial charge in [-0.2, -0.15) is 0 Å². The molecule has 0 radical (unpaired) electrons. The molecule has 78 valence electrons. The Hall–Kier alpha value is -1.62. The first-order valence-corrected chi connectivity index (χ1v) is 5.01. The molecule has 0 atom stereocenters. The Labute approximate surface area is 90.7 Å². The molecule has 2 nitrogen and oxygen atoms in total. The van der Waals surface area contributed by atoms with Crippen LogP contribution in [0, 0.1) is 25.7 Å². The lowest BCUT2D eigenvalue weighted by Crippen LogP contribution is -2.02. The highest BCUT2D eigenvalue weighted by atomic mass is 16.1. The number of pyridine rings is 1. The summed E-state index contributed by atoms with van der Waals surface area (Å²) in [6, 6.07) is 1.93. The molecule has 0 aromatic carbocycles. The molecule has 0 aliphatic rings. The molecule has 0 fully saturated rings. The van der Waals surface area contributed by atoms with Crippen LogP contribution >= 0.6 is 0 Å². The molecule has 0 aliphatic carbocycles. The molecule has 0 unspecified atom stereocenters. The van der Waals surface area contributed by atoms with E-state index in [0.717, 1.165) is 16.8 Å². The molecular weight excluding hydrogens is 186 g/mol. The molecule has 0 saturated carbocycles. The van der Waals surface area contributed by atoms with Crippen LogP contribution in [0.2, 0.25) is 0 Å². The van der Waals surface area contributed by atoms with E-state index < -0.39 is 0 Å². The summed E-state index contributed by atoms with van der Waals surface area (Å²) in [6.45, 7) is 5.64. The number of aryl methyl sites for hydroxylation is 2. The summed E-state index contributed by atoms with van der Waals surface area (Å²) in [4.78, 5) is 15.9. The van der Waals surface area contributed by atoms with Crippen LogP contribution in [0.5, 0.6) is 0 Å². The van der Waals surface area contributed by atoms with Gasteiger partial charge in [0.2, 0.25) is 0 Å². The van der Waals surface area contributed by atoms with Crippen LogP contribution in [-0.4, -0.2) is 10.8 Å². The average Bonchev–Trinajstić information content (AvgIpc) is 2.17. The van der Waals surface area contributed by atoms with E-state index in [9.17, 15) is 4.79 Å². The lowest BCUT2D eigenvalue weighted by atomic mass is 10.0. The Balaban J connectivity index is 2.76. The van der Waals surface area contributed by atoms with Crippen molar-refractivity contribution in [2.75, 3.05) is 0 Å². The van der Waals surface area contributed by atoms with E-state index in [2.05, 4.69) is 16.8 Å². The number of carbonyl (C=O) groups is 1. The summed E-state index contributed by atoms with van der Waals surface area (Å²) in [5.74, 6) is 5.80. The van der Waals surface area contributed by atoms with Crippen LogP contribution in [0.4, 0.5) is 0 Å². The van der Waals surface area contributed by atoms with E-state index in [-0.39, 0.29) is 5.78 Å². The third-order valence-electron chi connectivity index (χ3n) is 2.20. The zero-order chi connectivity index (χ0) is 11.3. The fourth-order valence-electron chi connectivity index (χ4n) is 1.42. The number of ketones is 1. The Morgan fingerprint density at radius 1 is 1.47 bits per heavy atom. The van der Waals surface area contributed by atoms with E-state index >= 15 is 0 Å². The van der Waals surface area contributed by atoms with Gasteiger partial charge in [-0.05, 0) is 32.4 Å². The van der Waals surface area contributed by atoms with Crippen molar-refractivity contribution in [3.8, 4) is 11.8 Å². The van der Waals surface area contributed by atoms with E-state index in [1.807, 2.05) is 19.9 Å². The summed E-state index contributed by atoms with van der Waals surface area (Å²) in [5.41, 5.74) is 2.66. The topological polar surface area (TPSA) is 30.0 Å². The fourth-order valence-corrected chi connectivity index (χ4v) is 1.42. The highest BCUT2D eigenvalue weighted by Gasteiger charge is 2.08. The molecule has 0 amide bonds. The van der Waals surface area contributed by atoms with Gasteiger partial charge in [0.1, 0.15) is 0 Å². The first-order chi connectivity index (χ1) is 7.15. The average molecular weight is 201 g/mol. The van der Waals surface area contributed by atoms with Gasteiger partial charge in [0.25, 0.3) is 0 Å². The van der Waals surface area contributed by atoms with Crippen molar-refractivity contribution in [1.82, 2.24) is 4.98 Å². The van der Waals surface area contributed by atoms with Crippen LogP contribution in [0.15, 0.2) is 12.3 Å². The second-order valence-electron chi connectivity index (χ2n) is 3.49. The predicted molar refractivity (Wildman–Crippen MR) is 60.7 cm³/mol. The maximum absolute atomic E-state index is 11.7. The number of aromatic nitrogens is 1. The van der Waals surface area contributed by atoms with Gasteiger partial charge in [-0.1, -0.05) is 0 Å². The van der Waals surface area contributed by atoms with Crippen molar-refractivity contribution in [1.29, 1.82) is 0 Å². The summed E-state index contributed by atoms with van der Waals surface area (Å²) >= 11 is 0. The quantitative estimate of drug-likeness (QED) is 0.556. The molecule has 1 rings (SSSR count). The molecule has 1 heterocycles. The monoisotopic (exact) mass is 201 g/mol. The van der Waals surface area contributed by atoms with E-state index in [1.165, 1.54) is 0 Å². The molecule has 0 spiro atoms. The maximum atomic E-state index is 11.7. The minimum Gasteiger partial charge on any atom is -0.294 e. The van der Waals surface area contributed by atoms with Crippen molar-refractivity contribution in [2.24, 2.45) is 0 Å². The number of Topliss-reactive ketones (excluding diaryl/α,β-unsaturated/α-hetero) is 1. The van der Waals surface area contributed by atoms with Crippen LogP contribution in [0.3, 0.4) is 0 Å². The van der Waals surface area contributed by atoms with Crippen molar-refractivity contribution < 1.29 is 4.79 Å². The van der Waals surface area contributed by atoms with Gasteiger partial charge in [0.15, 0.2) is 5.78 Å². The van der Waals surface area contributed by atoms with E-state index in [1.54, 1.807) is 13.1 Å². The van der Waals surface area contributed by atoms with Gasteiger partial charge in [-0.3, -0.25) is 9.78 Å². The summed E-state index contributed by atoms with van der Waals surface area (Å²) < 4.78 is 0. The lowest BCUT2D eigenvalue weighted by molar-refractivity contribution is 0.0983. The van der Waals surface area contributed by atoms with Gasteiger partial charge in [-0.25, -0.2) is 0 Å². The molecule has 0 N–H and O–H groups in total. The van der Waals surface area contributed by atoms with Gasteiger partial charge >= 0.3 is 0 Å². The number of hydrogen-bond donors (Lipinski definition) is 0. The van der Waals surface area contributed by atoms with E-state index in [0.29, 0.717) is 12.8 Å². The third kappa shape index (κ3) is 3.21. The predicted octanol–water partition coefficient (Wildman–Crippen LogP) is 2.68. The Morgan fingerprint density at radius 2 is 2.20 bits per heavy atom. The van der Waals surface area contributed by atoms with Gasteiger partial charge in [0.05, 0.1) is 0 Å². The third-order valence-corrected chi connectivity index (χ3v) is 2.20. The van der Waals surface area contributed by atoms with Crippen molar-refractivity contribution in [2.45, 2.75) is 33.6 Å². The Bertz CT molecular complexity index is 424. The molecule has 1 aromatic rings. The SMILES string of the molecule is CC#CCCC(=O)c1cnc(C)cc1C. The summed E-state index contributed by atoms with van der Waals surface area (Å²) in [6.07, 6.45) is 2.77. The largest absolute Gasteiger partial charge is 0.294 e. The first-order valence-electron chi connectivity index (χ1n) is 5.01. The Kier molecular flexibility index (Phi) is 4.05. The second-order valence-corrected chi connectivity index (χ2v) is 3.49. The normalized spacial score (nSPS) is 9.27. The Morgan fingerprint density at radius 3 is 2.80 bits per heavy atom. The minimum absolute atomic E-state index is 0.128. The lowest BCUT2D eigenvalue weighted by Gasteiger charge is -2.03. The van der Waals surface area contributed by atoms with Crippen LogP contribution < -0.4 is 0 Å². The fraction of sp³-hybridized carbons (Fsp3) is 0.385. The van der Waals surface area contributed by atoms with Gasteiger partial charge in [-0.15, -0.1) is 11.8 Å². The van der Waals surface area contributed by atoms with Gasteiger partial charge in [0, 0.05) is 30.3 Å². The van der Waals surface area contributed by atoms with E-state index in [4.69, 9.17) is 0 Å². The van der Waals surface area contributed by atoms with Gasteiger partial charge < -0.3 is 0 Å². The zero-order valence-corrected chi connectivity index (χ0v) is 9.42. The highest BCUT2D eigenvalue weighted by molar-refractivity contribution is 5.97. The van der Waals surface area contributed by atoms with Crippen molar-refractivity contribution in [3.63, 3.8) is 0 Å². The molecule has 15 heavy (non-hydrogen) atoms. The number of carbonyl (C=O) groups excluding carboxylic acids is 1. The first kappa shape index (κ1) is 11.5. The molecule has 0 aliphatic heterocycles. The summed E-state index contributed by atoms with van der Waals surface area (Å²) in [5, 5.41) is 0. The standard InChI is InChI=1S/C13H15NO/c1-4-5-6-7-13(15)12-9-14-11(3)8-10(12)2/h8-9H,6-7H2,1-3H3. The molecular formula is C13H15NO. The van der Waals surface area contributed by atoms with Crippen LogP contribution in [0.25, 0.3) is 0 Å². The van der Waals surface area contributed by atoms with Crippen molar-refractivity contribution in [3.05, 3.63) is 29.1 Å². The maximum Gasteiger partial charge on any atom is 0.165 e. The second kappa shape index (κ2) is 5.31. The number of hydrogen-bond acceptors (Lipinski definition) is 2. The molecule has 1 aromatic heterocycles. The smallest absolute Gasteiger partial charge is 0.165 e. The summed E-state index contributed by atoms with van der Waals surface area (Å²) in [7, 11) is 0. The molecule has 2 heteroatoms. The highest BCUT2D eigenvalue weighted by Crippen LogP contribution is 2.11. The van der Waals surface area contributed by atoms with Crippen molar-refractivity contribution >= 4 is 5.78 Å². The zero-order valence-electron chi connectivity index (χ0n) is 9.42. The number of rotatable bonds is 3. The number of nitrogens with zero attached hydrogens (tertiary/aromatic N) is 1. The molecule has 0 saturated heterocycles. The van der Waals surface area contributed by atoms with Crippen LogP contribution in [0.1, 0.15) is 41.4 Å². The minimum atomic E-state index is 0.128. The van der Waals surface area contributed by atoms with Crippen LogP contribution in [-0.2, 0) is 0 Å².